The van der Waals surface area contributed by atoms with Gasteiger partial charge in [0.1, 0.15) is 13.2 Å². The van der Waals surface area contributed by atoms with Crippen molar-refractivity contribution in [2.45, 2.75) is 306 Å². The van der Waals surface area contributed by atoms with Gasteiger partial charge in [0.15, 0.2) is 6.10 Å². The second kappa shape index (κ2) is 55.2. The Bertz CT molecular complexity index is 1500. The molecule has 0 aliphatic rings. The number of carbonyl (C=O) groups is 3. The topological polar surface area (TPSA) is 78.9 Å². The molecule has 482 valence electrons. The summed E-state index contributed by atoms with van der Waals surface area (Å²) in [4.78, 5) is 45.8. The molecule has 0 aliphatic heterocycles. The van der Waals surface area contributed by atoms with Crippen molar-refractivity contribution in [3.8, 4) is 0 Å². The number of alkyl halides is 18. The lowest BCUT2D eigenvalue weighted by Gasteiger charge is -2.25. The van der Waals surface area contributed by atoms with Crippen LogP contribution in [0.2, 0.25) is 0 Å². The molecule has 18 atom stereocenters. The van der Waals surface area contributed by atoms with E-state index < -0.39 is 6.10 Å². The third kappa shape index (κ3) is 46.0. The molecule has 0 N–H and O–H groups in total. The zero-order valence-corrected chi connectivity index (χ0v) is 75.9. The molecule has 0 saturated heterocycles. The molecular weight excluding hydrogens is 2220 g/mol. The third-order valence-corrected chi connectivity index (χ3v) is 39.8. The van der Waals surface area contributed by atoms with Crippen LogP contribution in [-0.4, -0.2) is 124 Å². The lowest BCUT2D eigenvalue weighted by Crippen LogP contribution is -2.30. The molecule has 0 spiro atoms. The molecule has 0 saturated carbocycles. The highest BCUT2D eigenvalue weighted by Gasteiger charge is 2.30. The first-order valence-electron chi connectivity index (χ1n) is 29.3. The van der Waals surface area contributed by atoms with Crippen molar-refractivity contribution in [2.75, 3.05) is 13.2 Å². The van der Waals surface area contributed by atoms with Crippen molar-refractivity contribution in [3.63, 3.8) is 0 Å². The van der Waals surface area contributed by atoms with Crippen molar-refractivity contribution in [1.82, 2.24) is 0 Å². The average molecular weight is 2310 g/mol. The third-order valence-electron chi connectivity index (χ3n) is 14.1. The molecule has 0 heterocycles. The molecule has 0 aromatic rings. The second-order valence-electron chi connectivity index (χ2n) is 21.3. The van der Waals surface area contributed by atoms with Crippen LogP contribution in [0.25, 0.3) is 0 Å². The molecule has 0 aromatic heterocycles. The molecular formula is C57H92Br18O6. The summed E-state index contributed by atoms with van der Waals surface area (Å²) in [6.45, 7) is 6.31. The number of esters is 3. The first-order chi connectivity index (χ1) is 38.3. The van der Waals surface area contributed by atoms with E-state index in [2.05, 4.69) is 308 Å². The van der Waals surface area contributed by atoms with Crippen LogP contribution in [0.1, 0.15) is 213 Å². The van der Waals surface area contributed by atoms with E-state index in [1.807, 2.05) is 0 Å². The van der Waals surface area contributed by atoms with Crippen molar-refractivity contribution in [2.24, 2.45) is 0 Å². The zero-order chi connectivity index (χ0) is 61.5. The molecule has 0 amide bonds. The molecule has 0 aromatic carbocycles. The van der Waals surface area contributed by atoms with Gasteiger partial charge in [0.2, 0.25) is 0 Å². The summed E-state index contributed by atoms with van der Waals surface area (Å²) < 4.78 is 17.1. The van der Waals surface area contributed by atoms with E-state index >= 15 is 0 Å². The molecule has 0 rings (SSSR count). The van der Waals surface area contributed by atoms with Gasteiger partial charge in [-0.3, -0.25) is 14.4 Å². The number of hydrogen-bond acceptors (Lipinski definition) is 6. The van der Waals surface area contributed by atoms with Gasteiger partial charge in [-0.15, -0.1) is 0 Å². The largest absolute Gasteiger partial charge is 0.462 e. The first-order valence-corrected chi connectivity index (χ1v) is 45.8. The second-order valence-corrected chi connectivity index (χ2v) is 42.5. The van der Waals surface area contributed by atoms with Crippen LogP contribution in [0.4, 0.5) is 0 Å². The van der Waals surface area contributed by atoms with Gasteiger partial charge >= 0.3 is 17.9 Å². The Hall–Kier alpha value is 7.05. The van der Waals surface area contributed by atoms with E-state index in [1.165, 1.54) is 0 Å². The van der Waals surface area contributed by atoms with Crippen LogP contribution in [0.3, 0.4) is 0 Å². The van der Waals surface area contributed by atoms with Crippen LogP contribution in [0.5, 0.6) is 0 Å². The highest BCUT2D eigenvalue weighted by atomic mass is 79.9. The van der Waals surface area contributed by atoms with Gasteiger partial charge in [0.05, 0.1) is 0 Å². The normalized spacial score (nSPS) is 19.2. The molecule has 24 heteroatoms. The fourth-order valence-corrected chi connectivity index (χ4v) is 22.0. The standard InChI is InChI=1S/C57H92Br18O6/c1-4-37(58)43(64)28-49(70)52(73)31-46(67)40(61)22-16-10-7-13-19-25-55(76)79-34-36(81-57(78)27-21-15-9-12-18-24-42(63)48(69)33-54(75)51(72)30-45(66)39(60)6-3)35-80-56(77)26-20-14-8-11-17-23-41(62)47(68)32-53(74)50(71)29-44(65)38(59)5-2/h36-54H,4-35H2,1-3H3. The van der Waals surface area contributed by atoms with Crippen LogP contribution >= 0.6 is 287 Å². The number of carbonyl (C=O) groups excluding carboxylic acids is 3. The molecule has 0 radical (unpaired) electrons. The smallest absolute Gasteiger partial charge is 0.306 e. The summed E-state index contributed by atoms with van der Waals surface area (Å²) in [5.41, 5.74) is 0. The molecule has 81 heavy (non-hydrogen) atoms. The predicted molar refractivity (Wildman–Crippen MR) is 416 cm³/mol. The van der Waals surface area contributed by atoms with E-state index in [9.17, 15) is 14.4 Å². The van der Waals surface area contributed by atoms with Crippen molar-refractivity contribution in [1.29, 1.82) is 0 Å². The van der Waals surface area contributed by atoms with Gasteiger partial charge in [-0.2, -0.15) is 0 Å². The molecule has 0 aliphatic carbocycles. The van der Waals surface area contributed by atoms with E-state index in [4.69, 9.17) is 14.2 Å². The summed E-state index contributed by atoms with van der Waals surface area (Å²) in [7, 11) is 0. The Morgan fingerprint density at radius 3 is 0.704 bits per heavy atom. The maximum absolute atomic E-state index is 13.1. The van der Waals surface area contributed by atoms with E-state index in [0.29, 0.717) is 106 Å². The van der Waals surface area contributed by atoms with Crippen LogP contribution < -0.4 is 0 Å². The zero-order valence-electron chi connectivity index (χ0n) is 47.3. The first kappa shape index (κ1) is 88.0. The van der Waals surface area contributed by atoms with E-state index in [0.717, 1.165) is 167 Å². The van der Waals surface area contributed by atoms with E-state index in [-0.39, 0.29) is 37.5 Å². The highest BCUT2D eigenvalue weighted by molar-refractivity contribution is 9.15. The van der Waals surface area contributed by atoms with Gasteiger partial charge in [0, 0.05) is 106 Å². The maximum atomic E-state index is 13.1. The number of hydrogen-bond donors (Lipinski definition) is 0. The van der Waals surface area contributed by atoms with Gasteiger partial charge in [-0.05, 0) is 96.3 Å². The van der Waals surface area contributed by atoms with Crippen molar-refractivity contribution < 1.29 is 28.6 Å². The van der Waals surface area contributed by atoms with Crippen molar-refractivity contribution in [3.05, 3.63) is 0 Å². The van der Waals surface area contributed by atoms with Gasteiger partial charge < -0.3 is 14.2 Å². The minimum absolute atomic E-state index is 0.137. The van der Waals surface area contributed by atoms with Crippen LogP contribution in [0.15, 0.2) is 0 Å². The summed E-state index contributed by atoms with van der Waals surface area (Å²) in [6.07, 6.45) is 27.2. The minimum Gasteiger partial charge on any atom is -0.462 e. The van der Waals surface area contributed by atoms with Crippen LogP contribution in [-0.2, 0) is 28.6 Å². The number of ether oxygens (including phenoxy) is 3. The molecule has 6 nitrogen and oxygen atoms in total. The van der Waals surface area contributed by atoms with Gasteiger partial charge in [-0.25, -0.2) is 0 Å². The lowest BCUT2D eigenvalue weighted by atomic mass is 10.0. The quantitative estimate of drug-likeness (QED) is 0.0261. The van der Waals surface area contributed by atoms with Gasteiger partial charge in [-0.1, -0.05) is 385 Å². The summed E-state index contributed by atoms with van der Waals surface area (Å²) >= 11 is 69.9. The monoisotopic (exact) mass is 2290 g/mol. The summed E-state index contributed by atoms with van der Waals surface area (Å²) in [5.74, 6) is -1.03. The Morgan fingerprint density at radius 2 is 0.457 bits per heavy atom. The minimum atomic E-state index is -0.851. The Balaban J connectivity index is 4.96. The SMILES string of the molecule is CCC(Br)C(Br)CC(Br)C(Br)CC(Br)C(Br)CCCCCCCC(=O)OCC(COC(=O)CCCCCCCC(Br)C(Br)CC(Br)C(Br)CC(Br)C(Br)CC)OC(=O)CCCCCCCC(Br)C(Br)CC(Br)C(Br)CC(Br)C(Br)CC. The molecule has 18 unspecified atom stereocenters. The maximum Gasteiger partial charge on any atom is 0.306 e. The summed E-state index contributed by atoms with van der Waals surface area (Å²) in [6, 6.07) is 0. The molecule has 0 bridgehead atoms. The predicted octanol–water partition coefficient (Wildman–Crippen LogP) is 25.5. The fourth-order valence-electron chi connectivity index (χ4n) is 8.67. The fraction of sp³-hybridized carbons (Fsp3) is 0.947. The average Bonchev–Trinajstić information content (AvgIpc) is 3.43. The highest BCUT2D eigenvalue weighted by Crippen LogP contribution is 2.37. The Morgan fingerprint density at radius 1 is 0.259 bits per heavy atom. The lowest BCUT2D eigenvalue weighted by molar-refractivity contribution is -0.167. The van der Waals surface area contributed by atoms with Gasteiger partial charge in [0.25, 0.3) is 0 Å². The Kier molecular flexibility index (Phi) is 60.0. The molecule has 0 fully saturated rings. The van der Waals surface area contributed by atoms with Crippen molar-refractivity contribution >= 4 is 305 Å². The summed E-state index contributed by atoms with van der Waals surface area (Å²) in [5, 5.41) is 0. The number of unbranched alkanes of at least 4 members (excludes halogenated alkanes) is 12. The van der Waals surface area contributed by atoms with E-state index in [1.54, 1.807) is 0 Å². The number of rotatable bonds is 53. The van der Waals surface area contributed by atoms with Crippen LogP contribution in [0, 0.1) is 0 Å². The Labute approximate surface area is 643 Å². The number of halogens is 18.